The topological polar surface area (TPSA) is 46.5 Å². The average molecular weight is 242 g/mol. The van der Waals surface area contributed by atoms with Crippen LogP contribution in [0.5, 0.6) is 5.75 Å². The summed E-state index contributed by atoms with van der Waals surface area (Å²) < 4.78 is 5.13. The van der Waals surface area contributed by atoms with Crippen LogP contribution in [0.25, 0.3) is 11.1 Å². The van der Waals surface area contributed by atoms with Crippen LogP contribution in [0.4, 0.5) is 0 Å². The summed E-state index contributed by atoms with van der Waals surface area (Å²) in [7, 11) is 1.48. The number of benzene rings is 2. The third-order valence-corrected chi connectivity index (χ3v) is 2.89. The molecule has 3 heteroatoms. The highest BCUT2D eigenvalue weighted by molar-refractivity contribution is 5.92. The SMILES string of the molecule is COc1cc(-c2ccccc2C)ccc1C(=O)O. The minimum absolute atomic E-state index is 0.176. The number of hydrogen-bond donors (Lipinski definition) is 1. The lowest BCUT2D eigenvalue weighted by Gasteiger charge is -2.10. The molecule has 0 fully saturated rings. The Bertz CT molecular complexity index is 588. The standard InChI is InChI=1S/C15H14O3/c1-10-5-3-4-6-12(10)11-7-8-13(15(16)17)14(9-11)18-2/h3-9H,1-2H3,(H,16,17). The number of aromatic carboxylic acids is 1. The van der Waals surface area contributed by atoms with Crippen LogP contribution in [0.2, 0.25) is 0 Å². The maximum absolute atomic E-state index is 11.0. The quantitative estimate of drug-likeness (QED) is 0.897. The normalized spacial score (nSPS) is 10.1. The van der Waals surface area contributed by atoms with Crippen molar-refractivity contribution in [3.63, 3.8) is 0 Å². The van der Waals surface area contributed by atoms with Crippen LogP contribution in [0.3, 0.4) is 0 Å². The molecule has 3 nitrogen and oxygen atoms in total. The summed E-state index contributed by atoms with van der Waals surface area (Å²) in [6.07, 6.45) is 0. The second kappa shape index (κ2) is 4.92. The third kappa shape index (κ3) is 2.20. The van der Waals surface area contributed by atoms with Gasteiger partial charge < -0.3 is 9.84 Å². The third-order valence-electron chi connectivity index (χ3n) is 2.89. The first kappa shape index (κ1) is 12.2. The number of carbonyl (C=O) groups is 1. The number of hydrogen-bond acceptors (Lipinski definition) is 2. The summed E-state index contributed by atoms with van der Waals surface area (Å²) in [6.45, 7) is 2.02. The lowest BCUT2D eigenvalue weighted by Crippen LogP contribution is -2.00. The molecule has 0 aliphatic carbocycles. The summed E-state index contributed by atoms with van der Waals surface area (Å²) >= 11 is 0. The summed E-state index contributed by atoms with van der Waals surface area (Å²) in [4.78, 5) is 11.0. The van der Waals surface area contributed by atoms with Crippen LogP contribution in [0.15, 0.2) is 42.5 Å². The van der Waals surface area contributed by atoms with Crippen LogP contribution in [0.1, 0.15) is 15.9 Å². The van der Waals surface area contributed by atoms with Gasteiger partial charge in [-0.1, -0.05) is 30.3 Å². The molecule has 0 aliphatic rings. The first-order chi connectivity index (χ1) is 8.63. The Labute approximate surface area is 106 Å². The highest BCUT2D eigenvalue weighted by Crippen LogP contribution is 2.29. The fourth-order valence-corrected chi connectivity index (χ4v) is 1.93. The Hall–Kier alpha value is -2.29. The highest BCUT2D eigenvalue weighted by atomic mass is 16.5. The summed E-state index contributed by atoms with van der Waals surface area (Å²) in [5.41, 5.74) is 3.35. The fraction of sp³-hybridized carbons (Fsp3) is 0.133. The van der Waals surface area contributed by atoms with Crippen molar-refractivity contribution in [1.82, 2.24) is 0 Å². The predicted octanol–water partition coefficient (Wildman–Crippen LogP) is 3.37. The number of carboxylic acid groups (broad SMARTS) is 1. The minimum atomic E-state index is -0.983. The summed E-state index contributed by atoms with van der Waals surface area (Å²) in [5.74, 6) is -0.605. The van der Waals surface area contributed by atoms with Gasteiger partial charge in [0.15, 0.2) is 0 Å². The fourth-order valence-electron chi connectivity index (χ4n) is 1.93. The van der Waals surface area contributed by atoms with Gasteiger partial charge in [-0.2, -0.15) is 0 Å². The summed E-state index contributed by atoms with van der Waals surface area (Å²) in [5, 5.41) is 9.03. The van der Waals surface area contributed by atoms with Crippen LogP contribution >= 0.6 is 0 Å². The van der Waals surface area contributed by atoms with Gasteiger partial charge in [-0.05, 0) is 35.7 Å². The van der Waals surface area contributed by atoms with Gasteiger partial charge in [0.05, 0.1) is 7.11 Å². The first-order valence-electron chi connectivity index (χ1n) is 5.61. The summed E-state index contributed by atoms with van der Waals surface area (Å²) in [6, 6.07) is 13.1. The minimum Gasteiger partial charge on any atom is -0.496 e. The van der Waals surface area contributed by atoms with E-state index >= 15 is 0 Å². The molecular weight excluding hydrogens is 228 g/mol. The van der Waals surface area contributed by atoms with Crippen LogP contribution in [-0.2, 0) is 0 Å². The molecule has 2 rings (SSSR count). The van der Waals surface area contributed by atoms with Gasteiger partial charge >= 0.3 is 5.97 Å². The molecule has 92 valence electrons. The molecule has 0 unspecified atom stereocenters. The zero-order valence-corrected chi connectivity index (χ0v) is 10.3. The smallest absolute Gasteiger partial charge is 0.339 e. The highest BCUT2D eigenvalue weighted by Gasteiger charge is 2.12. The van der Waals surface area contributed by atoms with Crippen molar-refractivity contribution in [2.75, 3.05) is 7.11 Å². The molecule has 0 saturated heterocycles. The monoisotopic (exact) mass is 242 g/mol. The van der Waals surface area contributed by atoms with E-state index in [4.69, 9.17) is 9.84 Å². The van der Waals surface area contributed by atoms with Crippen molar-refractivity contribution in [3.05, 3.63) is 53.6 Å². The van der Waals surface area contributed by atoms with Crippen molar-refractivity contribution in [2.24, 2.45) is 0 Å². The number of methoxy groups -OCH3 is 1. The maximum Gasteiger partial charge on any atom is 0.339 e. The van der Waals surface area contributed by atoms with E-state index in [-0.39, 0.29) is 5.56 Å². The van der Waals surface area contributed by atoms with Crippen molar-refractivity contribution >= 4 is 5.97 Å². The van der Waals surface area contributed by atoms with E-state index in [1.165, 1.54) is 7.11 Å². The van der Waals surface area contributed by atoms with Crippen molar-refractivity contribution in [1.29, 1.82) is 0 Å². The van der Waals surface area contributed by atoms with E-state index in [1.54, 1.807) is 18.2 Å². The Morgan fingerprint density at radius 1 is 1.17 bits per heavy atom. The van der Waals surface area contributed by atoms with Crippen LogP contribution in [0, 0.1) is 6.92 Å². The average Bonchev–Trinajstić information content (AvgIpc) is 2.38. The molecule has 0 spiro atoms. The van der Waals surface area contributed by atoms with E-state index in [0.29, 0.717) is 5.75 Å². The van der Waals surface area contributed by atoms with E-state index < -0.39 is 5.97 Å². The van der Waals surface area contributed by atoms with Crippen molar-refractivity contribution < 1.29 is 14.6 Å². The van der Waals surface area contributed by atoms with Gasteiger partial charge in [0, 0.05) is 0 Å². The Morgan fingerprint density at radius 3 is 2.50 bits per heavy atom. The van der Waals surface area contributed by atoms with E-state index in [1.807, 2.05) is 31.2 Å². The Balaban J connectivity index is 2.55. The zero-order chi connectivity index (χ0) is 13.1. The van der Waals surface area contributed by atoms with Crippen molar-refractivity contribution in [2.45, 2.75) is 6.92 Å². The molecule has 0 aromatic heterocycles. The van der Waals surface area contributed by atoms with Gasteiger partial charge in [0.25, 0.3) is 0 Å². The number of aryl methyl sites for hydroxylation is 1. The lowest BCUT2D eigenvalue weighted by molar-refractivity contribution is 0.0693. The molecule has 0 amide bonds. The van der Waals surface area contributed by atoms with Gasteiger partial charge in [0.1, 0.15) is 11.3 Å². The van der Waals surface area contributed by atoms with E-state index in [0.717, 1.165) is 16.7 Å². The molecule has 2 aromatic rings. The molecule has 0 radical (unpaired) electrons. The van der Waals surface area contributed by atoms with E-state index in [9.17, 15) is 4.79 Å². The Kier molecular flexibility index (Phi) is 3.33. The van der Waals surface area contributed by atoms with Crippen LogP contribution < -0.4 is 4.74 Å². The van der Waals surface area contributed by atoms with Gasteiger partial charge in [-0.25, -0.2) is 4.79 Å². The first-order valence-corrected chi connectivity index (χ1v) is 5.61. The second-order valence-corrected chi connectivity index (χ2v) is 4.04. The molecule has 0 aliphatic heterocycles. The zero-order valence-electron chi connectivity index (χ0n) is 10.3. The molecule has 18 heavy (non-hydrogen) atoms. The Morgan fingerprint density at radius 2 is 1.89 bits per heavy atom. The van der Waals surface area contributed by atoms with E-state index in [2.05, 4.69) is 0 Å². The molecule has 2 aromatic carbocycles. The number of carboxylic acids is 1. The van der Waals surface area contributed by atoms with Crippen LogP contribution in [-0.4, -0.2) is 18.2 Å². The molecule has 0 heterocycles. The molecule has 0 saturated carbocycles. The predicted molar refractivity (Wildman–Crippen MR) is 70.1 cm³/mol. The molecule has 0 bridgehead atoms. The molecule has 0 atom stereocenters. The largest absolute Gasteiger partial charge is 0.496 e. The number of rotatable bonds is 3. The second-order valence-electron chi connectivity index (χ2n) is 4.04. The molecular formula is C15H14O3. The molecule has 1 N–H and O–H groups in total. The van der Waals surface area contributed by atoms with Crippen molar-refractivity contribution in [3.8, 4) is 16.9 Å². The maximum atomic E-state index is 11.0. The van der Waals surface area contributed by atoms with Gasteiger partial charge in [0.2, 0.25) is 0 Å². The lowest BCUT2D eigenvalue weighted by atomic mass is 9.99. The van der Waals surface area contributed by atoms with Gasteiger partial charge in [-0.3, -0.25) is 0 Å². The number of ether oxygens (including phenoxy) is 1. The van der Waals surface area contributed by atoms with Gasteiger partial charge in [-0.15, -0.1) is 0 Å².